The molecule has 0 bridgehead atoms. The van der Waals surface area contributed by atoms with Crippen LogP contribution in [0, 0.1) is 0 Å². The van der Waals surface area contributed by atoms with Crippen LogP contribution in [0.2, 0.25) is 0 Å². The first-order valence-corrected chi connectivity index (χ1v) is 5.16. The van der Waals surface area contributed by atoms with Gasteiger partial charge in [0.2, 0.25) is 0 Å². The molecule has 1 N–H and O–H groups in total. The Morgan fingerprint density at radius 3 is 1.92 bits per heavy atom. The summed E-state index contributed by atoms with van der Waals surface area (Å²) < 4.78 is 5.42. The Balaban J connectivity index is 3.99. The van der Waals surface area contributed by atoms with Crippen LogP contribution in [0.3, 0.4) is 0 Å². The maximum absolute atomic E-state index is 9.82. The minimum Gasteiger partial charge on any atom is -0.390 e. The standard InChI is InChI=1S/C11H24O2/c1-6-10(3,12)8-9-11(4,7-2)13-5/h12H,6-9H2,1-5H3. The highest BCUT2D eigenvalue weighted by molar-refractivity contribution is 4.79. The minimum absolute atomic E-state index is 0.0703. The third-order valence-electron chi connectivity index (χ3n) is 3.19. The van der Waals surface area contributed by atoms with E-state index < -0.39 is 5.60 Å². The van der Waals surface area contributed by atoms with Gasteiger partial charge in [-0.2, -0.15) is 0 Å². The van der Waals surface area contributed by atoms with E-state index in [-0.39, 0.29) is 5.60 Å². The molecule has 2 nitrogen and oxygen atoms in total. The summed E-state index contributed by atoms with van der Waals surface area (Å²) in [6.45, 7) is 8.11. The molecule has 0 aliphatic heterocycles. The number of hydrogen-bond acceptors (Lipinski definition) is 2. The number of aliphatic hydroxyl groups is 1. The van der Waals surface area contributed by atoms with Gasteiger partial charge in [0.05, 0.1) is 11.2 Å². The monoisotopic (exact) mass is 188 g/mol. The summed E-state index contributed by atoms with van der Waals surface area (Å²) in [5.41, 5.74) is -0.603. The van der Waals surface area contributed by atoms with Crippen molar-refractivity contribution in [3.05, 3.63) is 0 Å². The molecular formula is C11H24O2. The molecule has 0 aromatic heterocycles. The van der Waals surface area contributed by atoms with Crippen LogP contribution >= 0.6 is 0 Å². The molecule has 0 aliphatic carbocycles. The quantitative estimate of drug-likeness (QED) is 0.694. The lowest BCUT2D eigenvalue weighted by Gasteiger charge is -2.30. The normalized spacial score (nSPS) is 20.8. The van der Waals surface area contributed by atoms with Crippen molar-refractivity contribution in [2.45, 2.75) is 64.6 Å². The summed E-state index contributed by atoms with van der Waals surface area (Å²) in [4.78, 5) is 0. The van der Waals surface area contributed by atoms with Crippen molar-refractivity contribution in [3.8, 4) is 0 Å². The molecule has 0 heterocycles. The van der Waals surface area contributed by atoms with Crippen LogP contribution in [0.4, 0.5) is 0 Å². The smallest absolute Gasteiger partial charge is 0.0649 e. The van der Waals surface area contributed by atoms with Crippen molar-refractivity contribution in [3.63, 3.8) is 0 Å². The molecule has 0 amide bonds. The van der Waals surface area contributed by atoms with Gasteiger partial charge < -0.3 is 9.84 Å². The van der Waals surface area contributed by atoms with Gasteiger partial charge in [-0.1, -0.05) is 13.8 Å². The van der Waals surface area contributed by atoms with E-state index >= 15 is 0 Å². The lowest BCUT2D eigenvalue weighted by molar-refractivity contribution is -0.0335. The van der Waals surface area contributed by atoms with E-state index in [1.54, 1.807) is 7.11 Å². The summed E-state index contributed by atoms with van der Waals surface area (Å²) >= 11 is 0. The predicted octanol–water partition coefficient (Wildman–Crippen LogP) is 2.74. The van der Waals surface area contributed by atoms with Crippen LogP contribution in [-0.2, 0) is 4.74 Å². The lowest BCUT2D eigenvalue weighted by atomic mass is 9.88. The SMILES string of the molecule is CCC(C)(O)CCC(C)(CC)OC. The average Bonchev–Trinajstić information content (AvgIpc) is 2.14. The Hall–Kier alpha value is -0.0800. The van der Waals surface area contributed by atoms with Gasteiger partial charge in [-0.15, -0.1) is 0 Å². The second-order valence-electron chi connectivity index (χ2n) is 4.36. The van der Waals surface area contributed by atoms with E-state index in [0.717, 1.165) is 25.7 Å². The second-order valence-corrected chi connectivity index (χ2v) is 4.36. The molecule has 0 fully saturated rings. The van der Waals surface area contributed by atoms with E-state index in [1.165, 1.54) is 0 Å². The fourth-order valence-corrected chi connectivity index (χ4v) is 1.13. The number of ether oxygens (including phenoxy) is 1. The minimum atomic E-state index is -0.533. The highest BCUT2D eigenvalue weighted by Crippen LogP contribution is 2.26. The Labute approximate surface area is 82.3 Å². The summed E-state index contributed by atoms with van der Waals surface area (Å²) in [7, 11) is 1.74. The lowest BCUT2D eigenvalue weighted by Crippen LogP contribution is -2.31. The van der Waals surface area contributed by atoms with Crippen LogP contribution in [0.1, 0.15) is 53.4 Å². The van der Waals surface area contributed by atoms with Crippen molar-refractivity contribution >= 4 is 0 Å². The van der Waals surface area contributed by atoms with E-state index in [9.17, 15) is 5.11 Å². The third kappa shape index (κ3) is 4.63. The van der Waals surface area contributed by atoms with Crippen molar-refractivity contribution in [2.24, 2.45) is 0 Å². The number of rotatable bonds is 6. The molecule has 0 saturated heterocycles. The Morgan fingerprint density at radius 1 is 1.08 bits per heavy atom. The topological polar surface area (TPSA) is 29.5 Å². The van der Waals surface area contributed by atoms with Crippen molar-refractivity contribution in [1.82, 2.24) is 0 Å². The Morgan fingerprint density at radius 2 is 1.62 bits per heavy atom. The molecule has 0 aromatic carbocycles. The van der Waals surface area contributed by atoms with E-state index in [2.05, 4.69) is 13.8 Å². The van der Waals surface area contributed by atoms with Crippen LogP contribution < -0.4 is 0 Å². The van der Waals surface area contributed by atoms with Crippen molar-refractivity contribution in [2.75, 3.05) is 7.11 Å². The number of methoxy groups -OCH3 is 1. The third-order valence-corrected chi connectivity index (χ3v) is 3.19. The van der Waals surface area contributed by atoms with Crippen molar-refractivity contribution in [1.29, 1.82) is 0 Å². The zero-order chi connectivity index (χ0) is 10.5. The maximum Gasteiger partial charge on any atom is 0.0649 e. The van der Waals surface area contributed by atoms with Gasteiger partial charge in [-0.3, -0.25) is 0 Å². The second kappa shape index (κ2) is 4.97. The van der Waals surface area contributed by atoms with E-state index in [1.807, 2.05) is 13.8 Å². The summed E-state index contributed by atoms with van der Waals surface area (Å²) in [5, 5.41) is 9.82. The molecule has 0 aromatic rings. The molecule has 2 atom stereocenters. The van der Waals surface area contributed by atoms with Gasteiger partial charge in [0.25, 0.3) is 0 Å². The van der Waals surface area contributed by atoms with Gasteiger partial charge in [-0.25, -0.2) is 0 Å². The van der Waals surface area contributed by atoms with Gasteiger partial charge >= 0.3 is 0 Å². The van der Waals surface area contributed by atoms with Gasteiger partial charge in [-0.05, 0) is 39.5 Å². The Bertz CT molecular complexity index is 137. The van der Waals surface area contributed by atoms with Crippen LogP contribution in [0.15, 0.2) is 0 Å². The molecule has 2 heteroatoms. The largest absolute Gasteiger partial charge is 0.390 e. The van der Waals surface area contributed by atoms with Gasteiger partial charge in [0.15, 0.2) is 0 Å². The number of hydrogen-bond donors (Lipinski definition) is 1. The fourth-order valence-electron chi connectivity index (χ4n) is 1.13. The van der Waals surface area contributed by atoms with Crippen LogP contribution in [0.5, 0.6) is 0 Å². The first-order valence-electron chi connectivity index (χ1n) is 5.16. The Kier molecular flexibility index (Phi) is 4.93. The zero-order valence-electron chi connectivity index (χ0n) is 9.68. The maximum atomic E-state index is 9.82. The van der Waals surface area contributed by atoms with E-state index in [0.29, 0.717) is 0 Å². The van der Waals surface area contributed by atoms with Crippen molar-refractivity contribution < 1.29 is 9.84 Å². The van der Waals surface area contributed by atoms with Gasteiger partial charge in [0.1, 0.15) is 0 Å². The van der Waals surface area contributed by atoms with Gasteiger partial charge in [0, 0.05) is 7.11 Å². The molecule has 13 heavy (non-hydrogen) atoms. The first-order chi connectivity index (χ1) is 5.89. The van der Waals surface area contributed by atoms with E-state index in [4.69, 9.17) is 4.74 Å². The molecule has 0 spiro atoms. The molecule has 0 radical (unpaired) electrons. The zero-order valence-corrected chi connectivity index (χ0v) is 9.68. The molecule has 0 rings (SSSR count). The molecular weight excluding hydrogens is 164 g/mol. The highest BCUT2D eigenvalue weighted by atomic mass is 16.5. The molecule has 0 saturated carbocycles. The predicted molar refractivity (Wildman–Crippen MR) is 55.9 cm³/mol. The van der Waals surface area contributed by atoms with Crippen LogP contribution in [-0.4, -0.2) is 23.4 Å². The summed E-state index contributed by atoms with van der Waals surface area (Å²) in [6, 6.07) is 0. The van der Waals surface area contributed by atoms with Crippen LogP contribution in [0.25, 0.3) is 0 Å². The highest BCUT2D eigenvalue weighted by Gasteiger charge is 2.26. The summed E-state index contributed by atoms with van der Waals surface area (Å²) in [6.07, 6.45) is 3.52. The molecule has 0 aliphatic rings. The fraction of sp³-hybridized carbons (Fsp3) is 1.00. The first kappa shape index (κ1) is 12.9. The average molecular weight is 188 g/mol. The summed E-state index contributed by atoms with van der Waals surface area (Å²) in [5.74, 6) is 0. The molecule has 2 unspecified atom stereocenters. The molecule has 80 valence electrons.